The lowest BCUT2D eigenvalue weighted by molar-refractivity contribution is -0.0298. The van der Waals surface area contributed by atoms with Gasteiger partial charge in [0.1, 0.15) is 0 Å². The lowest BCUT2D eigenvalue weighted by Gasteiger charge is -2.37. The minimum atomic E-state index is -0.921. The highest BCUT2D eigenvalue weighted by molar-refractivity contribution is 6.00. The number of hydrogen-bond acceptors (Lipinski definition) is 4. The normalized spacial score (nSPS) is 19.6. The van der Waals surface area contributed by atoms with E-state index in [0.29, 0.717) is 24.0 Å². The summed E-state index contributed by atoms with van der Waals surface area (Å²) < 4.78 is 1.54. The zero-order valence-corrected chi connectivity index (χ0v) is 17.7. The van der Waals surface area contributed by atoms with E-state index >= 15 is 0 Å². The van der Waals surface area contributed by atoms with Crippen LogP contribution < -0.4 is 5.56 Å². The van der Waals surface area contributed by atoms with Crippen molar-refractivity contribution in [3.05, 3.63) is 58.5 Å². The smallest absolute Gasteiger partial charge is 0.255 e. The van der Waals surface area contributed by atoms with E-state index < -0.39 is 5.60 Å². The SMILES string of the molecule is CN1CCC(O)(Cn2cc(C(=O)N3CCCCC3)c(-c3ccccc3)cc2=O)CC1. The molecule has 1 amide bonds. The van der Waals surface area contributed by atoms with Crippen LogP contribution in [0, 0.1) is 0 Å². The Labute approximate surface area is 177 Å². The number of aliphatic hydroxyl groups is 1. The Morgan fingerprint density at radius 3 is 2.37 bits per heavy atom. The molecule has 6 nitrogen and oxygen atoms in total. The van der Waals surface area contributed by atoms with E-state index in [0.717, 1.165) is 51.0 Å². The molecule has 0 bridgehead atoms. The monoisotopic (exact) mass is 409 g/mol. The molecular formula is C24H31N3O3. The fourth-order valence-corrected chi connectivity index (χ4v) is 4.50. The summed E-state index contributed by atoms with van der Waals surface area (Å²) >= 11 is 0. The van der Waals surface area contributed by atoms with Crippen LogP contribution in [0.2, 0.25) is 0 Å². The molecule has 0 aliphatic carbocycles. The van der Waals surface area contributed by atoms with E-state index in [2.05, 4.69) is 4.90 Å². The molecule has 2 aliphatic heterocycles. The molecule has 1 aromatic carbocycles. The van der Waals surface area contributed by atoms with Crippen LogP contribution in [0.1, 0.15) is 42.5 Å². The molecular weight excluding hydrogens is 378 g/mol. The minimum absolute atomic E-state index is 0.0299. The summed E-state index contributed by atoms with van der Waals surface area (Å²) in [5, 5.41) is 11.0. The molecule has 0 saturated carbocycles. The molecule has 2 aromatic rings. The molecule has 2 saturated heterocycles. The highest BCUT2D eigenvalue weighted by Gasteiger charge is 2.32. The van der Waals surface area contributed by atoms with Gasteiger partial charge in [0.2, 0.25) is 0 Å². The Morgan fingerprint density at radius 1 is 1.03 bits per heavy atom. The van der Waals surface area contributed by atoms with Crippen LogP contribution in [0.3, 0.4) is 0 Å². The summed E-state index contributed by atoms with van der Waals surface area (Å²) in [5.41, 5.74) is 0.967. The second kappa shape index (κ2) is 8.74. The first-order valence-corrected chi connectivity index (χ1v) is 11.0. The average molecular weight is 410 g/mol. The molecule has 6 heteroatoms. The number of rotatable bonds is 4. The Kier molecular flexibility index (Phi) is 6.06. The molecule has 1 N–H and O–H groups in total. The Balaban J connectivity index is 1.72. The van der Waals surface area contributed by atoms with Gasteiger partial charge in [-0.3, -0.25) is 9.59 Å². The highest BCUT2D eigenvalue weighted by Crippen LogP contribution is 2.27. The molecule has 1 aromatic heterocycles. The van der Waals surface area contributed by atoms with E-state index in [9.17, 15) is 14.7 Å². The molecule has 30 heavy (non-hydrogen) atoms. The van der Waals surface area contributed by atoms with E-state index in [4.69, 9.17) is 0 Å². The zero-order chi connectivity index (χ0) is 21.1. The average Bonchev–Trinajstić information content (AvgIpc) is 2.78. The third-order valence-electron chi connectivity index (χ3n) is 6.47. The number of pyridine rings is 1. The van der Waals surface area contributed by atoms with Crippen molar-refractivity contribution >= 4 is 5.91 Å². The standard InChI is InChI=1S/C24H31N3O3/c1-25-14-10-24(30,11-15-25)18-27-17-21(23(29)26-12-6-3-7-13-26)20(16-22(27)28)19-8-4-2-5-9-19/h2,4-5,8-9,16-17,30H,3,6-7,10-15,18H2,1H3. The van der Waals surface area contributed by atoms with Crippen molar-refractivity contribution < 1.29 is 9.90 Å². The fraction of sp³-hybridized carbons (Fsp3) is 0.500. The van der Waals surface area contributed by atoms with Gasteiger partial charge in [-0.05, 0) is 44.7 Å². The number of carbonyl (C=O) groups excluding carboxylic acids is 1. The second-order valence-electron chi connectivity index (χ2n) is 8.81. The lowest BCUT2D eigenvalue weighted by Crippen LogP contribution is -2.47. The first-order chi connectivity index (χ1) is 14.5. The molecule has 2 aliphatic rings. The van der Waals surface area contributed by atoms with Crippen molar-refractivity contribution in [2.24, 2.45) is 0 Å². The van der Waals surface area contributed by atoms with E-state index in [1.54, 1.807) is 12.3 Å². The first-order valence-electron chi connectivity index (χ1n) is 11.0. The molecule has 2 fully saturated rings. The van der Waals surface area contributed by atoms with Gasteiger partial charge in [-0.1, -0.05) is 30.3 Å². The van der Waals surface area contributed by atoms with Gasteiger partial charge in [-0.25, -0.2) is 0 Å². The zero-order valence-electron chi connectivity index (χ0n) is 17.7. The predicted octanol–water partition coefficient (Wildman–Crippen LogP) is 2.60. The molecule has 0 radical (unpaired) electrons. The van der Waals surface area contributed by atoms with Crippen LogP contribution in [-0.2, 0) is 6.54 Å². The van der Waals surface area contributed by atoms with Crippen molar-refractivity contribution in [1.82, 2.24) is 14.4 Å². The third-order valence-corrected chi connectivity index (χ3v) is 6.47. The van der Waals surface area contributed by atoms with Crippen molar-refractivity contribution in [1.29, 1.82) is 0 Å². The third kappa shape index (κ3) is 4.50. The van der Waals surface area contributed by atoms with Gasteiger partial charge in [0, 0.05) is 44.0 Å². The van der Waals surface area contributed by atoms with E-state index in [1.807, 2.05) is 42.3 Å². The number of likely N-dealkylation sites (tertiary alicyclic amines) is 2. The lowest BCUT2D eigenvalue weighted by atomic mass is 9.91. The molecule has 0 unspecified atom stereocenters. The summed E-state index contributed by atoms with van der Waals surface area (Å²) in [6.07, 6.45) is 6.09. The van der Waals surface area contributed by atoms with Gasteiger partial charge >= 0.3 is 0 Å². The maximum absolute atomic E-state index is 13.4. The van der Waals surface area contributed by atoms with Gasteiger partial charge in [0.05, 0.1) is 17.7 Å². The summed E-state index contributed by atoms with van der Waals surface area (Å²) in [4.78, 5) is 30.4. The molecule has 3 heterocycles. The predicted molar refractivity (Wildman–Crippen MR) is 118 cm³/mol. The number of amides is 1. The number of nitrogens with zero attached hydrogens (tertiary/aromatic N) is 3. The van der Waals surface area contributed by atoms with Crippen molar-refractivity contribution in [2.75, 3.05) is 33.2 Å². The number of benzene rings is 1. The summed E-state index contributed by atoms with van der Waals surface area (Å²) in [6, 6.07) is 11.2. The van der Waals surface area contributed by atoms with Gasteiger partial charge in [-0.2, -0.15) is 0 Å². The van der Waals surface area contributed by atoms with Gasteiger partial charge < -0.3 is 19.5 Å². The summed E-state index contributed by atoms with van der Waals surface area (Å²) in [7, 11) is 2.04. The maximum Gasteiger partial charge on any atom is 0.255 e. The van der Waals surface area contributed by atoms with Crippen LogP contribution in [0.25, 0.3) is 11.1 Å². The number of piperidine rings is 2. The van der Waals surface area contributed by atoms with Crippen LogP contribution in [0.5, 0.6) is 0 Å². The Bertz CT molecular complexity index is 940. The number of carbonyl (C=O) groups is 1. The summed E-state index contributed by atoms with van der Waals surface area (Å²) in [6.45, 7) is 3.32. The van der Waals surface area contributed by atoms with Crippen molar-refractivity contribution in [3.8, 4) is 11.1 Å². The quantitative estimate of drug-likeness (QED) is 0.843. The van der Waals surface area contributed by atoms with E-state index in [-0.39, 0.29) is 18.0 Å². The Morgan fingerprint density at radius 2 is 1.70 bits per heavy atom. The van der Waals surface area contributed by atoms with Crippen molar-refractivity contribution in [2.45, 2.75) is 44.2 Å². The number of aromatic nitrogens is 1. The molecule has 0 atom stereocenters. The molecule has 4 rings (SSSR count). The molecule has 0 spiro atoms. The van der Waals surface area contributed by atoms with Crippen LogP contribution in [-0.4, -0.2) is 64.2 Å². The van der Waals surface area contributed by atoms with Crippen molar-refractivity contribution in [3.63, 3.8) is 0 Å². The largest absolute Gasteiger partial charge is 0.388 e. The second-order valence-corrected chi connectivity index (χ2v) is 8.81. The van der Waals surface area contributed by atoms with Crippen LogP contribution >= 0.6 is 0 Å². The minimum Gasteiger partial charge on any atom is -0.388 e. The Hall–Kier alpha value is -2.44. The fourth-order valence-electron chi connectivity index (χ4n) is 4.50. The van der Waals surface area contributed by atoms with Gasteiger partial charge in [0.15, 0.2) is 0 Å². The molecule has 160 valence electrons. The number of hydrogen-bond donors (Lipinski definition) is 1. The van der Waals surface area contributed by atoms with Crippen LogP contribution in [0.15, 0.2) is 47.4 Å². The van der Waals surface area contributed by atoms with Crippen LogP contribution in [0.4, 0.5) is 0 Å². The van der Waals surface area contributed by atoms with Gasteiger partial charge in [0.25, 0.3) is 11.5 Å². The van der Waals surface area contributed by atoms with Gasteiger partial charge in [-0.15, -0.1) is 0 Å². The first kappa shape index (κ1) is 20.8. The maximum atomic E-state index is 13.4. The topological polar surface area (TPSA) is 65.8 Å². The summed E-state index contributed by atoms with van der Waals surface area (Å²) in [5.74, 6) is -0.0299. The highest BCUT2D eigenvalue weighted by atomic mass is 16.3. The van der Waals surface area contributed by atoms with E-state index in [1.165, 1.54) is 4.57 Å².